The van der Waals surface area contributed by atoms with Crippen LogP contribution < -0.4 is 0 Å². The van der Waals surface area contributed by atoms with Crippen LogP contribution in [0.25, 0.3) is 0 Å². The zero-order chi connectivity index (χ0) is 15.9. The van der Waals surface area contributed by atoms with E-state index in [4.69, 9.17) is 4.74 Å². The van der Waals surface area contributed by atoms with Gasteiger partial charge in [0, 0.05) is 19.7 Å². The summed E-state index contributed by atoms with van der Waals surface area (Å²) in [5, 5.41) is 9.62. The number of nitrogens with zero attached hydrogens (tertiary/aromatic N) is 1. The van der Waals surface area contributed by atoms with Gasteiger partial charge in [0.05, 0.1) is 18.8 Å². The van der Waals surface area contributed by atoms with Crippen molar-refractivity contribution in [2.75, 3.05) is 19.8 Å². The Kier molecular flexibility index (Phi) is 5.81. The van der Waals surface area contributed by atoms with Gasteiger partial charge in [-0.25, -0.2) is 0 Å². The summed E-state index contributed by atoms with van der Waals surface area (Å²) in [4.78, 5) is 2.29. The van der Waals surface area contributed by atoms with Crippen molar-refractivity contribution in [3.05, 3.63) is 71.8 Å². The maximum atomic E-state index is 9.62. The Labute approximate surface area is 138 Å². The molecule has 3 rings (SSSR count). The van der Waals surface area contributed by atoms with Crippen LogP contribution in [0.15, 0.2) is 60.7 Å². The number of aliphatic hydroxyl groups excluding tert-OH is 1. The van der Waals surface area contributed by atoms with Gasteiger partial charge >= 0.3 is 0 Å². The fourth-order valence-corrected chi connectivity index (χ4v) is 3.14. The van der Waals surface area contributed by atoms with Gasteiger partial charge in [-0.05, 0) is 24.0 Å². The van der Waals surface area contributed by atoms with Gasteiger partial charge in [-0.2, -0.15) is 0 Å². The zero-order valence-corrected chi connectivity index (χ0v) is 13.5. The van der Waals surface area contributed by atoms with Crippen LogP contribution in [0, 0.1) is 0 Å². The number of aryl methyl sites for hydroxylation is 1. The van der Waals surface area contributed by atoms with E-state index in [-0.39, 0.29) is 18.8 Å². The van der Waals surface area contributed by atoms with Gasteiger partial charge in [-0.3, -0.25) is 4.90 Å². The molecule has 1 saturated heterocycles. The Morgan fingerprint density at radius 2 is 1.61 bits per heavy atom. The fourth-order valence-electron chi connectivity index (χ4n) is 3.14. The summed E-state index contributed by atoms with van der Waals surface area (Å²) >= 11 is 0. The van der Waals surface area contributed by atoms with Gasteiger partial charge in [-0.15, -0.1) is 0 Å². The molecule has 2 atom stereocenters. The summed E-state index contributed by atoms with van der Waals surface area (Å²) in [6.45, 7) is 2.72. The topological polar surface area (TPSA) is 32.7 Å². The van der Waals surface area contributed by atoms with Crippen molar-refractivity contribution < 1.29 is 9.84 Å². The van der Waals surface area contributed by atoms with Crippen LogP contribution in [-0.2, 0) is 17.7 Å². The second-order valence-electron chi connectivity index (χ2n) is 6.16. The number of aliphatic hydroxyl groups is 1. The lowest BCUT2D eigenvalue weighted by Gasteiger charge is -2.47. The summed E-state index contributed by atoms with van der Waals surface area (Å²) in [6.07, 6.45) is 2.24. The number of hydrogen-bond acceptors (Lipinski definition) is 3. The molecular formula is C20H25NO2. The molecule has 3 heteroatoms. The van der Waals surface area contributed by atoms with Gasteiger partial charge in [0.25, 0.3) is 0 Å². The average molecular weight is 311 g/mol. The molecular weight excluding hydrogens is 286 g/mol. The van der Waals surface area contributed by atoms with E-state index < -0.39 is 0 Å². The molecule has 1 N–H and O–H groups in total. The molecule has 0 amide bonds. The van der Waals surface area contributed by atoms with E-state index in [1.54, 1.807) is 0 Å². The highest BCUT2D eigenvalue weighted by Gasteiger charge is 2.38. The second-order valence-corrected chi connectivity index (χ2v) is 6.16. The Morgan fingerprint density at radius 1 is 0.957 bits per heavy atom. The fraction of sp³-hybridized carbons (Fsp3) is 0.400. The van der Waals surface area contributed by atoms with Crippen molar-refractivity contribution in [2.45, 2.75) is 31.5 Å². The summed E-state index contributed by atoms with van der Waals surface area (Å²) in [7, 11) is 0. The highest BCUT2D eigenvalue weighted by Crippen LogP contribution is 2.23. The molecule has 1 aliphatic rings. The van der Waals surface area contributed by atoms with Crippen LogP contribution in [0.3, 0.4) is 0 Å². The molecule has 2 aromatic rings. The molecule has 0 aromatic heterocycles. The third-order valence-electron chi connectivity index (χ3n) is 4.51. The number of ether oxygens (including phenoxy) is 1. The third-order valence-corrected chi connectivity index (χ3v) is 4.51. The summed E-state index contributed by atoms with van der Waals surface area (Å²) in [5.74, 6) is 0. The first-order valence-electron chi connectivity index (χ1n) is 8.41. The van der Waals surface area contributed by atoms with Gasteiger partial charge in [0.15, 0.2) is 0 Å². The molecule has 3 nitrogen and oxygen atoms in total. The Hall–Kier alpha value is -1.68. The van der Waals surface area contributed by atoms with Crippen molar-refractivity contribution in [2.24, 2.45) is 0 Å². The maximum absolute atomic E-state index is 9.62. The molecule has 0 bridgehead atoms. The quantitative estimate of drug-likeness (QED) is 0.761. The number of benzene rings is 2. The maximum Gasteiger partial charge on any atom is 0.0879 e. The van der Waals surface area contributed by atoms with E-state index in [2.05, 4.69) is 53.4 Å². The zero-order valence-electron chi connectivity index (χ0n) is 13.5. The van der Waals surface area contributed by atoms with Crippen LogP contribution >= 0.6 is 0 Å². The lowest BCUT2D eigenvalue weighted by Crippen LogP contribution is -2.62. The highest BCUT2D eigenvalue weighted by molar-refractivity contribution is 5.16. The summed E-state index contributed by atoms with van der Waals surface area (Å²) < 4.78 is 5.97. The molecule has 0 saturated carbocycles. The standard InChI is InChI=1S/C20H25NO2/c22-16-19-20(15-21(19)14-18-10-5-2-6-11-18)23-13-7-12-17-8-3-1-4-9-17/h1-6,8-11,19-20,22H,7,12-16H2/t19-,20-/m0/s1. The van der Waals surface area contributed by atoms with E-state index in [1.807, 2.05) is 12.1 Å². The van der Waals surface area contributed by atoms with Crippen molar-refractivity contribution in [1.82, 2.24) is 4.90 Å². The van der Waals surface area contributed by atoms with E-state index in [0.717, 1.165) is 32.5 Å². The lowest BCUT2D eigenvalue weighted by molar-refractivity contribution is -0.123. The molecule has 122 valence electrons. The highest BCUT2D eigenvalue weighted by atomic mass is 16.5. The van der Waals surface area contributed by atoms with Crippen molar-refractivity contribution in [3.8, 4) is 0 Å². The van der Waals surface area contributed by atoms with Crippen molar-refractivity contribution in [3.63, 3.8) is 0 Å². The van der Waals surface area contributed by atoms with Crippen molar-refractivity contribution in [1.29, 1.82) is 0 Å². The van der Waals surface area contributed by atoms with E-state index in [1.165, 1.54) is 11.1 Å². The third kappa shape index (κ3) is 4.41. The van der Waals surface area contributed by atoms with E-state index in [0.29, 0.717) is 0 Å². The minimum atomic E-state index is 0.131. The molecule has 1 heterocycles. The Morgan fingerprint density at radius 3 is 2.26 bits per heavy atom. The predicted molar refractivity (Wildman–Crippen MR) is 92.2 cm³/mol. The van der Waals surface area contributed by atoms with Crippen molar-refractivity contribution >= 4 is 0 Å². The first-order valence-corrected chi connectivity index (χ1v) is 8.41. The molecule has 0 radical (unpaired) electrons. The normalized spacial score (nSPS) is 21.1. The predicted octanol–water partition coefficient (Wildman–Crippen LogP) is 2.88. The largest absolute Gasteiger partial charge is 0.395 e. The Bertz CT molecular complexity index is 573. The second kappa shape index (κ2) is 8.25. The summed E-state index contributed by atoms with van der Waals surface area (Å²) in [5.41, 5.74) is 2.64. The Balaban J connectivity index is 1.38. The average Bonchev–Trinajstić information content (AvgIpc) is 2.59. The first kappa shape index (κ1) is 16.2. The van der Waals surface area contributed by atoms with Gasteiger partial charge in [0.2, 0.25) is 0 Å². The van der Waals surface area contributed by atoms with E-state index in [9.17, 15) is 5.11 Å². The molecule has 1 aliphatic heterocycles. The molecule has 23 heavy (non-hydrogen) atoms. The number of likely N-dealkylation sites (tertiary alicyclic amines) is 1. The first-order chi connectivity index (χ1) is 11.4. The van der Waals surface area contributed by atoms with Crippen LogP contribution in [0.2, 0.25) is 0 Å². The van der Waals surface area contributed by atoms with Crippen LogP contribution in [0.5, 0.6) is 0 Å². The van der Waals surface area contributed by atoms with Gasteiger partial charge < -0.3 is 9.84 Å². The van der Waals surface area contributed by atoms with Crippen LogP contribution in [-0.4, -0.2) is 41.9 Å². The molecule has 1 fully saturated rings. The minimum absolute atomic E-state index is 0.131. The van der Waals surface area contributed by atoms with Crippen LogP contribution in [0.4, 0.5) is 0 Å². The molecule has 2 aromatic carbocycles. The van der Waals surface area contributed by atoms with E-state index >= 15 is 0 Å². The number of hydrogen-bond donors (Lipinski definition) is 1. The smallest absolute Gasteiger partial charge is 0.0879 e. The number of rotatable bonds is 8. The van der Waals surface area contributed by atoms with Gasteiger partial charge in [-0.1, -0.05) is 60.7 Å². The lowest BCUT2D eigenvalue weighted by atomic mass is 9.98. The van der Waals surface area contributed by atoms with Gasteiger partial charge in [0.1, 0.15) is 0 Å². The molecule has 0 unspecified atom stereocenters. The molecule has 0 spiro atoms. The van der Waals surface area contributed by atoms with Crippen LogP contribution in [0.1, 0.15) is 17.5 Å². The minimum Gasteiger partial charge on any atom is -0.395 e. The summed E-state index contributed by atoms with van der Waals surface area (Å²) in [6, 6.07) is 21.0. The molecule has 0 aliphatic carbocycles. The SMILES string of the molecule is OC[C@H]1[C@@H](OCCCc2ccccc2)CN1Cc1ccccc1. The monoisotopic (exact) mass is 311 g/mol.